The lowest BCUT2D eigenvalue weighted by molar-refractivity contribution is -0.122. The number of hydrogen-bond donors (Lipinski definition) is 1. The Balaban J connectivity index is 1.27. The molecule has 1 aromatic carbocycles. The van der Waals surface area contributed by atoms with Gasteiger partial charge in [0, 0.05) is 19.0 Å². The Morgan fingerprint density at radius 3 is 2.81 bits per heavy atom. The van der Waals surface area contributed by atoms with E-state index in [9.17, 15) is 14.4 Å². The number of anilines is 1. The van der Waals surface area contributed by atoms with Gasteiger partial charge in [-0.3, -0.25) is 14.4 Å². The minimum Gasteiger partial charge on any atom is -0.362 e. The van der Waals surface area contributed by atoms with Crippen molar-refractivity contribution in [2.24, 2.45) is 0 Å². The quantitative estimate of drug-likeness (QED) is 0.463. The summed E-state index contributed by atoms with van der Waals surface area (Å²) in [4.78, 5) is 16.1. The summed E-state index contributed by atoms with van der Waals surface area (Å²) in [5, 5.41) is 22.3. The smallest absolute Gasteiger partial charge is 0.233 e. The van der Waals surface area contributed by atoms with Gasteiger partial charge in [-0.15, -0.1) is 0 Å². The normalized spacial score (nSPS) is 18.8. The highest BCUT2D eigenvalue weighted by molar-refractivity contribution is 5.84. The van der Waals surface area contributed by atoms with E-state index in [-0.39, 0.29) is 11.9 Å². The van der Waals surface area contributed by atoms with E-state index in [2.05, 4.69) is 56.1 Å². The van der Waals surface area contributed by atoms with Crippen LogP contribution in [-0.2, 0) is 11.3 Å². The first-order chi connectivity index (χ1) is 18.0. The van der Waals surface area contributed by atoms with Gasteiger partial charge < -0.3 is 10.2 Å². The maximum absolute atomic E-state index is 14.7. The van der Waals surface area contributed by atoms with E-state index in [0.29, 0.717) is 36.8 Å². The summed E-state index contributed by atoms with van der Waals surface area (Å²) in [5.41, 5.74) is 4.73. The number of likely N-dealkylation sites (tertiary alicyclic amines) is 1. The zero-order valence-electron chi connectivity index (χ0n) is 21.0. The average molecular weight is 501 g/mol. The van der Waals surface area contributed by atoms with E-state index in [1.54, 1.807) is 13.1 Å². The Morgan fingerprint density at radius 1 is 1.24 bits per heavy atom. The predicted octanol–water partition coefficient (Wildman–Crippen LogP) is 3.20. The molecule has 1 N–H and O–H groups in total. The number of nitrogens with zero attached hydrogens (tertiary/aromatic N) is 7. The van der Waals surface area contributed by atoms with Crippen LogP contribution in [0.5, 0.6) is 0 Å². The standard InChI is InChI=1S/C27H29FN8O/c1-17-14-34(24-6-4-20(12-29)36-27(24)22(28)13-31-36)15-25-21-5-3-19(11-23(21)32-35(17)25)18-7-9-33(10-8-18)16-26(37)30-2/h3-6,11,13,17-18H,7-10,14-16H2,1-2H3,(H,30,37)/t17-/m1/s1. The lowest BCUT2D eigenvalue weighted by Crippen LogP contribution is -2.40. The van der Waals surface area contributed by atoms with E-state index in [1.165, 1.54) is 10.1 Å². The number of likely N-dealkylation sites (N-methyl/N-ethyl adjacent to an activating group) is 1. The second-order valence-electron chi connectivity index (χ2n) is 10.1. The van der Waals surface area contributed by atoms with Gasteiger partial charge in [0.25, 0.3) is 0 Å². The monoisotopic (exact) mass is 500 g/mol. The second kappa shape index (κ2) is 9.16. The number of halogens is 1. The lowest BCUT2D eigenvalue weighted by Gasteiger charge is -2.34. The Kier molecular flexibility index (Phi) is 5.80. The molecule has 4 aromatic rings. The molecule has 0 aliphatic carbocycles. The largest absolute Gasteiger partial charge is 0.362 e. The van der Waals surface area contributed by atoms with Crippen LogP contribution in [0.4, 0.5) is 10.1 Å². The van der Waals surface area contributed by atoms with Crippen LogP contribution in [0.2, 0.25) is 0 Å². The molecule has 190 valence electrons. The summed E-state index contributed by atoms with van der Waals surface area (Å²) in [6.07, 6.45) is 3.20. The molecule has 3 aromatic heterocycles. The van der Waals surface area contributed by atoms with Crippen molar-refractivity contribution in [3.63, 3.8) is 0 Å². The van der Waals surface area contributed by atoms with E-state index in [4.69, 9.17) is 5.10 Å². The highest BCUT2D eigenvalue weighted by Gasteiger charge is 2.29. The van der Waals surface area contributed by atoms with Gasteiger partial charge in [0.15, 0.2) is 5.82 Å². The molecule has 5 heterocycles. The number of piperidine rings is 1. The Hall–Kier alpha value is -3.97. The average Bonchev–Trinajstić information content (AvgIpc) is 3.49. The lowest BCUT2D eigenvalue weighted by atomic mass is 9.89. The minimum absolute atomic E-state index is 0.0596. The highest BCUT2D eigenvalue weighted by Crippen LogP contribution is 2.36. The van der Waals surface area contributed by atoms with Crippen LogP contribution in [0, 0.1) is 17.1 Å². The molecule has 37 heavy (non-hydrogen) atoms. The van der Waals surface area contributed by atoms with E-state index < -0.39 is 5.82 Å². The molecule has 2 aliphatic heterocycles. The molecule has 1 fully saturated rings. The molecule has 0 unspecified atom stereocenters. The summed E-state index contributed by atoms with van der Waals surface area (Å²) in [5.74, 6) is 0.0776. The van der Waals surface area contributed by atoms with Gasteiger partial charge in [-0.05, 0) is 62.5 Å². The molecule has 0 bridgehead atoms. The molecule has 6 rings (SSSR count). The van der Waals surface area contributed by atoms with Crippen LogP contribution in [0.3, 0.4) is 0 Å². The summed E-state index contributed by atoms with van der Waals surface area (Å²) < 4.78 is 18.2. The van der Waals surface area contributed by atoms with E-state index >= 15 is 0 Å². The maximum atomic E-state index is 14.7. The fraction of sp³-hybridized carbons (Fsp3) is 0.407. The van der Waals surface area contributed by atoms with Gasteiger partial charge in [0.1, 0.15) is 17.3 Å². The number of nitriles is 1. The summed E-state index contributed by atoms with van der Waals surface area (Å²) >= 11 is 0. The first kappa shape index (κ1) is 23.4. The number of hydrogen-bond acceptors (Lipinski definition) is 6. The molecule has 1 amide bonds. The second-order valence-corrected chi connectivity index (χ2v) is 10.1. The Bertz CT molecular complexity index is 1540. The van der Waals surface area contributed by atoms with Crippen LogP contribution < -0.4 is 10.2 Å². The topological polar surface area (TPSA) is 94.5 Å². The molecule has 1 atom stereocenters. The van der Waals surface area contributed by atoms with Crippen molar-refractivity contribution in [3.8, 4) is 6.07 Å². The van der Waals surface area contributed by atoms with Gasteiger partial charge in [-0.1, -0.05) is 12.1 Å². The van der Waals surface area contributed by atoms with Gasteiger partial charge in [0.2, 0.25) is 5.91 Å². The third-order valence-corrected chi connectivity index (χ3v) is 7.82. The molecular weight excluding hydrogens is 471 g/mol. The number of pyridine rings is 1. The molecule has 0 spiro atoms. The first-order valence-electron chi connectivity index (χ1n) is 12.7. The van der Waals surface area contributed by atoms with Gasteiger partial charge in [0.05, 0.1) is 42.2 Å². The van der Waals surface area contributed by atoms with Crippen molar-refractivity contribution < 1.29 is 9.18 Å². The number of fused-ring (bicyclic) bond motifs is 4. The van der Waals surface area contributed by atoms with Crippen LogP contribution in [0.1, 0.15) is 48.7 Å². The number of aromatic nitrogens is 4. The number of carbonyl (C=O) groups is 1. The molecule has 2 aliphatic rings. The van der Waals surface area contributed by atoms with Crippen molar-refractivity contribution in [2.45, 2.75) is 38.3 Å². The van der Waals surface area contributed by atoms with Crippen molar-refractivity contribution in [2.75, 3.05) is 38.1 Å². The summed E-state index contributed by atoms with van der Waals surface area (Å²) in [6, 6.07) is 12.3. The number of carbonyl (C=O) groups excluding carboxylic acids is 1. The fourth-order valence-electron chi connectivity index (χ4n) is 5.87. The van der Waals surface area contributed by atoms with Crippen LogP contribution in [-0.4, -0.2) is 63.4 Å². The van der Waals surface area contributed by atoms with Crippen molar-refractivity contribution in [1.82, 2.24) is 29.6 Å². The highest BCUT2D eigenvalue weighted by atomic mass is 19.1. The van der Waals surface area contributed by atoms with Crippen LogP contribution >= 0.6 is 0 Å². The zero-order chi connectivity index (χ0) is 25.7. The third-order valence-electron chi connectivity index (χ3n) is 7.82. The van der Waals surface area contributed by atoms with E-state index in [1.807, 2.05) is 6.07 Å². The number of nitrogens with one attached hydrogen (secondary N) is 1. The summed E-state index contributed by atoms with van der Waals surface area (Å²) in [7, 11) is 1.68. The number of rotatable bonds is 4. The zero-order valence-corrected chi connectivity index (χ0v) is 21.0. The number of benzene rings is 1. The van der Waals surface area contributed by atoms with Crippen molar-refractivity contribution >= 4 is 28.0 Å². The predicted molar refractivity (Wildman–Crippen MR) is 138 cm³/mol. The van der Waals surface area contributed by atoms with Crippen LogP contribution in [0.15, 0.2) is 36.5 Å². The van der Waals surface area contributed by atoms with Gasteiger partial charge in [-0.25, -0.2) is 8.91 Å². The minimum atomic E-state index is -0.435. The fourth-order valence-corrected chi connectivity index (χ4v) is 5.87. The van der Waals surface area contributed by atoms with Gasteiger partial charge in [-0.2, -0.15) is 15.5 Å². The molecule has 10 heteroatoms. The molecule has 9 nitrogen and oxygen atoms in total. The number of amides is 1. The molecule has 0 saturated carbocycles. The van der Waals surface area contributed by atoms with Gasteiger partial charge >= 0.3 is 0 Å². The Labute approximate surface area is 214 Å². The maximum Gasteiger partial charge on any atom is 0.233 e. The molecule has 0 radical (unpaired) electrons. The van der Waals surface area contributed by atoms with E-state index in [0.717, 1.165) is 54.4 Å². The first-order valence-corrected chi connectivity index (χ1v) is 12.7. The molecular formula is C27H29FN8O. The van der Waals surface area contributed by atoms with Crippen molar-refractivity contribution in [3.05, 3.63) is 59.3 Å². The Morgan fingerprint density at radius 2 is 2.05 bits per heavy atom. The SMILES string of the molecule is CNC(=O)CN1CCC(c2ccc3c4n(nc3c2)[C@H](C)CN(c2ccc(C#N)n3ncc(F)c23)C4)CC1. The van der Waals surface area contributed by atoms with Crippen molar-refractivity contribution in [1.29, 1.82) is 5.26 Å². The third kappa shape index (κ3) is 4.00. The summed E-state index contributed by atoms with van der Waals surface area (Å²) in [6.45, 7) is 5.66. The molecule has 1 saturated heterocycles. The van der Waals surface area contributed by atoms with Crippen LogP contribution in [0.25, 0.3) is 16.4 Å².